The Kier molecular flexibility index (Phi) is 5.17. The second-order valence-corrected chi connectivity index (χ2v) is 8.50. The highest BCUT2D eigenvalue weighted by Crippen LogP contribution is 2.38. The number of aromatic nitrogens is 2. The van der Waals surface area contributed by atoms with Crippen LogP contribution in [-0.2, 0) is 4.79 Å². The first-order valence-electron chi connectivity index (χ1n) is 11.2. The van der Waals surface area contributed by atoms with Gasteiger partial charge in [0.1, 0.15) is 5.82 Å². The number of carbonyl (C=O) groups is 1. The maximum atomic E-state index is 13.6. The molecule has 0 spiro atoms. The SMILES string of the molecule is CCCN1C(=O)/C(=C/c2nc3ccccc3c(=O)n2-c2ccc(C)cc2)c2cc(C)ccc21. The fourth-order valence-corrected chi connectivity index (χ4v) is 4.38. The van der Waals surface area contributed by atoms with E-state index in [2.05, 4.69) is 6.92 Å². The van der Waals surface area contributed by atoms with Crippen molar-refractivity contribution >= 4 is 34.1 Å². The fraction of sp³-hybridized carbons (Fsp3) is 0.179. The lowest BCUT2D eigenvalue weighted by atomic mass is 10.0. The van der Waals surface area contributed by atoms with Crippen molar-refractivity contribution in [3.63, 3.8) is 0 Å². The van der Waals surface area contributed by atoms with Crippen molar-refractivity contribution < 1.29 is 4.79 Å². The van der Waals surface area contributed by atoms with Gasteiger partial charge in [0.2, 0.25) is 0 Å². The third-order valence-corrected chi connectivity index (χ3v) is 6.02. The summed E-state index contributed by atoms with van der Waals surface area (Å²) in [4.78, 5) is 33.6. The summed E-state index contributed by atoms with van der Waals surface area (Å²) in [5, 5.41) is 0.543. The van der Waals surface area contributed by atoms with Gasteiger partial charge in [-0.15, -0.1) is 0 Å². The Morgan fingerprint density at radius 1 is 0.909 bits per heavy atom. The van der Waals surface area contributed by atoms with Crippen molar-refractivity contribution in [3.05, 3.63) is 99.6 Å². The van der Waals surface area contributed by atoms with E-state index < -0.39 is 0 Å². The highest BCUT2D eigenvalue weighted by atomic mass is 16.2. The number of hydrogen-bond acceptors (Lipinski definition) is 3. The van der Waals surface area contributed by atoms with Crippen LogP contribution >= 0.6 is 0 Å². The summed E-state index contributed by atoms with van der Waals surface area (Å²) < 4.78 is 1.60. The number of amides is 1. The van der Waals surface area contributed by atoms with Crippen molar-refractivity contribution in [1.82, 2.24) is 9.55 Å². The summed E-state index contributed by atoms with van der Waals surface area (Å²) in [5.74, 6) is 0.382. The summed E-state index contributed by atoms with van der Waals surface area (Å²) in [6, 6.07) is 21.1. The minimum atomic E-state index is -0.156. The topological polar surface area (TPSA) is 55.2 Å². The van der Waals surface area contributed by atoms with E-state index in [9.17, 15) is 9.59 Å². The minimum absolute atomic E-state index is 0.0599. The van der Waals surface area contributed by atoms with Gasteiger partial charge in [0, 0.05) is 12.1 Å². The van der Waals surface area contributed by atoms with Crippen LogP contribution in [-0.4, -0.2) is 22.0 Å². The molecule has 164 valence electrons. The number of benzene rings is 3. The molecule has 0 N–H and O–H groups in total. The molecule has 2 heterocycles. The van der Waals surface area contributed by atoms with Crippen LogP contribution in [0.25, 0.3) is 28.2 Å². The Balaban J connectivity index is 1.79. The van der Waals surface area contributed by atoms with Gasteiger partial charge in [0.25, 0.3) is 11.5 Å². The number of fused-ring (bicyclic) bond motifs is 2. The Labute approximate surface area is 192 Å². The van der Waals surface area contributed by atoms with Gasteiger partial charge < -0.3 is 4.90 Å². The zero-order valence-electron chi connectivity index (χ0n) is 19.0. The van der Waals surface area contributed by atoms with E-state index in [0.717, 1.165) is 34.5 Å². The van der Waals surface area contributed by atoms with Gasteiger partial charge in [-0.25, -0.2) is 4.98 Å². The molecule has 1 aliphatic rings. The van der Waals surface area contributed by atoms with E-state index in [1.165, 1.54) is 0 Å². The van der Waals surface area contributed by atoms with Crippen LogP contribution in [0.3, 0.4) is 0 Å². The van der Waals surface area contributed by atoms with Crippen LogP contribution in [0.15, 0.2) is 71.5 Å². The molecule has 5 heteroatoms. The second kappa shape index (κ2) is 8.17. The molecule has 33 heavy (non-hydrogen) atoms. The molecule has 0 saturated carbocycles. The van der Waals surface area contributed by atoms with Gasteiger partial charge >= 0.3 is 0 Å². The predicted molar refractivity (Wildman–Crippen MR) is 134 cm³/mol. The first-order chi connectivity index (χ1) is 16.0. The zero-order valence-corrected chi connectivity index (χ0v) is 19.0. The number of anilines is 1. The van der Waals surface area contributed by atoms with Crippen LogP contribution < -0.4 is 10.5 Å². The molecule has 0 radical (unpaired) electrons. The normalized spacial score (nSPS) is 14.3. The van der Waals surface area contributed by atoms with Gasteiger partial charge in [0.05, 0.1) is 27.9 Å². The average molecular weight is 436 g/mol. The van der Waals surface area contributed by atoms with Crippen LogP contribution in [0.2, 0.25) is 0 Å². The van der Waals surface area contributed by atoms with E-state index in [4.69, 9.17) is 4.98 Å². The molecule has 1 aromatic heterocycles. The molecule has 4 aromatic rings. The van der Waals surface area contributed by atoms with Crippen molar-refractivity contribution in [2.24, 2.45) is 0 Å². The van der Waals surface area contributed by atoms with Gasteiger partial charge in [-0.05, 0) is 62.7 Å². The van der Waals surface area contributed by atoms with Crippen LogP contribution in [0, 0.1) is 13.8 Å². The Bertz CT molecular complexity index is 1480. The van der Waals surface area contributed by atoms with Crippen LogP contribution in [0.4, 0.5) is 5.69 Å². The standard InChI is InChI=1S/C28H25N3O2/c1-4-15-30-25-14-11-19(3)16-22(25)23(27(30)32)17-26-29-24-8-6-5-7-21(24)28(33)31(26)20-12-9-18(2)10-13-20/h5-14,16-17H,4,15H2,1-3H3/b23-17+. The van der Waals surface area contributed by atoms with Crippen LogP contribution in [0.5, 0.6) is 0 Å². The number of rotatable bonds is 4. The summed E-state index contributed by atoms with van der Waals surface area (Å²) in [6.45, 7) is 6.72. The maximum Gasteiger partial charge on any atom is 0.266 e. The summed E-state index contributed by atoms with van der Waals surface area (Å²) in [6.07, 6.45) is 2.62. The number of nitrogens with zero attached hydrogens (tertiary/aromatic N) is 3. The van der Waals surface area contributed by atoms with Gasteiger partial charge in [-0.2, -0.15) is 0 Å². The molecule has 3 aromatic carbocycles. The van der Waals surface area contributed by atoms with Crippen molar-refractivity contribution in [2.45, 2.75) is 27.2 Å². The molecule has 1 amide bonds. The van der Waals surface area contributed by atoms with Gasteiger partial charge in [0.15, 0.2) is 0 Å². The second-order valence-electron chi connectivity index (χ2n) is 8.50. The van der Waals surface area contributed by atoms with E-state index in [0.29, 0.717) is 28.8 Å². The molecule has 0 aliphatic carbocycles. The molecular formula is C28H25N3O2. The molecule has 0 saturated heterocycles. The predicted octanol–water partition coefficient (Wildman–Crippen LogP) is 5.30. The maximum absolute atomic E-state index is 13.6. The lowest BCUT2D eigenvalue weighted by Crippen LogP contribution is -2.27. The van der Waals surface area contributed by atoms with Crippen molar-refractivity contribution in [2.75, 3.05) is 11.4 Å². The smallest absolute Gasteiger partial charge is 0.266 e. The monoisotopic (exact) mass is 435 g/mol. The average Bonchev–Trinajstić information content (AvgIpc) is 3.06. The highest BCUT2D eigenvalue weighted by molar-refractivity contribution is 6.35. The van der Waals surface area contributed by atoms with Gasteiger partial charge in [-0.1, -0.05) is 48.4 Å². The Morgan fingerprint density at radius 3 is 2.39 bits per heavy atom. The lowest BCUT2D eigenvalue weighted by Gasteiger charge is -2.15. The van der Waals surface area contributed by atoms with E-state index in [1.54, 1.807) is 16.7 Å². The summed E-state index contributed by atoms with van der Waals surface area (Å²) >= 11 is 0. The third-order valence-electron chi connectivity index (χ3n) is 6.02. The van der Waals surface area contributed by atoms with E-state index in [1.807, 2.05) is 79.4 Å². The molecular weight excluding hydrogens is 410 g/mol. The first-order valence-corrected chi connectivity index (χ1v) is 11.2. The molecule has 0 unspecified atom stereocenters. The van der Waals surface area contributed by atoms with Crippen LogP contribution in [0.1, 0.15) is 35.9 Å². The molecule has 0 bridgehead atoms. The van der Waals surface area contributed by atoms with E-state index in [-0.39, 0.29) is 11.5 Å². The quantitative estimate of drug-likeness (QED) is 0.409. The highest BCUT2D eigenvalue weighted by Gasteiger charge is 2.32. The third kappa shape index (κ3) is 3.55. The summed E-state index contributed by atoms with van der Waals surface area (Å²) in [7, 11) is 0. The van der Waals surface area contributed by atoms with Crippen molar-refractivity contribution in [1.29, 1.82) is 0 Å². The molecule has 0 atom stereocenters. The number of aryl methyl sites for hydroxylation is 2. The number of para-hydroxylation sites is 1. The molecule has 1 aliphatic heterocycles. The first kappa shape index (κ1) is 20.9. The van der Waals surface area contributed by atoms with Crippen molar-refractivity contribution in [3.8, 4) is 5.69 Å². The van der Waals surface area contributed by atoms with Gasteiger partial charge in [-0.3, -0.25) is 14.2 Å². The van der Waals surface area contributed by atoms with E-state index >= 15 is 0 Å². The fourth-order valence-electron chi connectivity index (χ4n) is 4.38. The molecule has 5 nitrogen and oxygen atoms in total. The zero-order chi connectivity index (χ0) is 23.1. The largest absolute Gasteiger partial charge is 0.308 e. The number of hydrogen-bond donors (Lipinski definition) is 0. The molecule has 0 fully saturated rings. The Morgan fingerprint density at radius 2 is 1.64 bits per heavy atom. The summed E-state index contributed by atoms with van der Waals surface area (Å²) in [5.41, 5.74) is 5.70. The number of carbonyl (C=O) groups excluding carboxylic acids is 1. The molecule has 5 rings (SSSR count). The lowest BCUT2D eigenvalue weighted by molar-refractivity contribution is -0.113. The Hall–Kier alpha value is -3.99. The minimum Gasteiger partial charge on any atom is -0.308 e.